The fourth-order valence-corrected chi connectivity index (χ4v) is 1.86. The van der Waals surface area contributed by atoms with Gasteiger partial charge in [0.1, 0.15) is 0 Å². The maximum Gasteiger partial charge on any atom is 0.166 e. The van der Waals surface area contributed by atoms with Crippen molar-refractivity contribution in [2.24, 2.45) is 5.92 Å². The van der Waals surface area contributed by atoms with E-state index in [9.17, 15) is 4.39 Å². The Labute approximate surface area is 98.0 Å². The van der Waals surface area contributed by atoms with Gasteiger partial charge >= 0.3 is 0 Å². The van der Waals surface area contributed by atoms with E-state index in [1.807, 2.05) is 12.2 Å². The van der Waals surface area contributed by atoms with Crippen LogP contribution in [0.2, 0.25) is 5.02 Å². The van der Waals surface area contributed by atoms with Crippen molar-refractivity contribution < 1.29 is 9.50 Å². The fraction of sp³-hybridized carbons (Fsp3) is 0.364. The molecule has 86 valence electrons. The Morgan fingerprint density at radius 1 is 1.56 bits per heavy atom. The highest BCUT2D eigenvalue weighted by molar-refractivity contribution is 6.30. The minimum absolute atomic E-state index is 0.0142. The average molecular weight is 243 g/mol. The maximum absolute atomic E-state index is 13.4. The summed E-state index contributed by atoms with van der Waals surface area (Å²) in [5.41, 5.74) is 0. The van der Waals surface area contributed by atoms with Gasteiger partial charge in [-0.2, -0.15) is 0 Å². The third-order valence-electron chi connectivity index (χ3n) is 2.54. The van der Waals surface area contributed by atoms with E-state index in [0.717, 1.165) is 6.42 Å². The molecule has 1 aliphatic rings. The smallest absolute Gasteiger partial charge is 0.166 e. The Hall–Kier alpha value is -1.13. The summed E-state index contributed by atoms with van der Waals surface area (Å²) >= 11 is 5.60. The molecule has 3 nitrogen and oxygen atoms in total. The highest BCUT2D eigenvalue weighted by Gasteiger charge is 2.19. The first-order chi connectivity index (χ1) is 7.69. The molecule has 2 rings (SSSR count). The molecule has 1 aliphatic carbocycles. The summed E-state index contributed by atoms with van der Waals surface area (Å²) in [6.45, 7) is 0.116. The number of halogens is 2. The van der Waals surface area contributed by atoms with Gasteiger partial charge in [0.05, 0.1) is 5.02 Å². The molecule has 0 spiro atoms. The topological polar surface area (TPSA) is 45.1 Å². The van der Waals surface area contributed by atoms with Crippen LogP contribution in [-0.4, -0.2) is 22.7 Å². The number of aromatic nitrogens is 1. The molecule has 1 aromatic heterocycles. The number of pyridine rings is 1. The number of anilines is 1. The van der Waals surface area contributed by atoms with Crippen LogP contribution < -0.4 is 5.32 Å². The highest BCUT2D eigenvalue weighted by atomic mass is 35.5. The lowest BCUT2D eigenvalue weighted by Crippen LogP contribution is -2.18. The molecule has 1 aromatic rings. The van der Waals surface area contributed by atoms with Gasteiger partial charge in [0, 0.05) is 24.8 Å². The SMILES string of the molecule is OC[C@H]1C=C[C@@H](Nc2ncc(Cl)cc2F)C1. The predicted octanol–water partition coefficient (Wildman–Crippen LogP) is 2.22. The summed E-state index contributed by atoms with van der Waals surface area (Å²) in [6, 6.07) is 1.24. The predicted molar refractivity (Wildman–Crippen MR) is 60.9 cm³/mol. The third-order valence-corrected chi connectivity index (χ3v) is 2.74. The quantitative estimate of drug-likeness (QED) is 0.799. The van der Waals surface area contributed by atoms with Crippen molar-refractivity contribution in [3.63, 3.8) is 0 Å². The van der Waals surface area contributed by atoms with Crippen molar-refractivity contribution >= 4 is 17.4 Å². The van der Waals surface area contributed by atoms with Crippen LogP contribution in [0.3, 0.4) is 0 Å². The monoisotopic (exact) mass is 242 g/mol. The molecule has 0 bridgehead atoms. The molecule has 0 amide bonds. The molecule has 1 heterocycles. The number of aliphatic hydroxyl groups is 1. The van der Waals surface area contributed by atoms with Gasteiger partial charge in [-0.1, -0.05) is 23.8 Å². The van der Waals surface area contributed by atoms with E-state index in [4.69, 9.17) is 16.7 Å². The molecule has 0 saturated carbocycles. The lowest BCUT2D eigenvalue weighted by Gasteiger charge is -2.13. The van der Waals surface area contributed by atoms with Crippen molar-refractivity contribution in [3.05, 3.63) is 35.3 Å². The summed E-state index contributed by atoms with van der Waals surface area (Å²) in [5.74, 6) is -0.126. The molecule has 0 saturated heterocycles. The molecular formula is C11H12ClFN2O. The number of hydrogen-bond donors (Lipinski definition) is 2. The third kappa shape index (κ3) is 2.51. The Morgan fingerprint density at radius 2 is 2.38 bits per heavy atom. The van der Waals surface area contributed by atoms with Crippen molar-refractivity contribution in [1.29, 1.82) is 0 Å². The standard InChI is InChI=1S/C11H12ClFN2O/c12-8-4-10(13)11(14-5-8)15-9-2-1-7(3-9)6-16/h1-2,4-5,7,9,16H,3,6H2,(H,14,15)/t7-,9+/m0/s1. The highest BCUT2D eigenvalue weighted by Crippen LogP contribution is 2.22. The van der Waals surface area contributed by atoms with Crippen molar-refractivity contribution in [2.45, 2.75) is 12.5 Å². The summed E-state index contributed by atoms with van der Waals surface area (Å²) in [7, 11) is 0. The van der Waals surface area contributed by atoms with E-state index in [2.05, 4.69) is 10.3 Å². The van der Waals surface area contributed by atoms with Crippen LogP contribution in [0.15, 0.2) is 24.4 Å². The molecular weight excluding hydrogens is 231 g/mol. The molecule has 2 atom stereocenters. The first-order valence-corrected chi connectivity index (χ1v) is 5.43. The van der Waals surface area contributed by atoms with Crippen molar-refractivity contribution in [3.8, 4) is 0 Å². The van der Waals surface area contributed by atoms with E-state index < -0.39 is 5.82 Å². The number of hydrogen-bond acceptors (Lipinski definition) is 3. The zero-order valence-electron chi connectivity index (χ0n) is 8.53. The zero-order chi connectivity index (χ0) is 11.5. The fourth-order valence-electron chi connectivity index (χ4n) is 1.71. The van der Waals surface area contributed by atoms with E-state index in [-0.39, 0.29) is 29.4 Å². The van der Waals surface area contributed by atoms with Crippen LogP contribution in [0, 0.1) is 11.7 Å². The Bertz CT molecular complexity index is 411. The molecule has 0 unspecified atom stereocenters. The van der Waals surface area contributed by atoms with Gasteiger partial charge in [-0.05, 0) is 12.5 Å². The van der Waals surface area contributed by atoms with Crippen LogP contribution in [0.1, 0.15) is 6.42 Å². The molecule has 0 radical (unpaired) electrons. The summed E-state index contributed by atoms with van der Waals surface area (Å²) in [5, 5.41) is 12.2. The van der Waals surface area contributed by atoms with Gasteiger partial charge < -0.3 is 10.4 Å². The largest absolute Gasteiger partial charge is 0.396 e. The van der Waals surface area contributed by atoms with Gasteiger partial charge in [-0.3, -0.25) is 0 Å². The first kappa shape index (κ1) is 11.4. The zero-order valence-corrected chi connectivity index (χ0v) is 9.28. The normalized spacial score (nSPS) is 23.7. The molecule has 0 fully saturated rings. The van der Waals surface area contributed by atoms with Crippen LogP contribution in [0.4, 0.5) is 10.2 Å². The number of rotatable bonds is 3. The minimum atomic E-state index is -0.464. The van der Waals surface area contributed by atoms with Crippen LogP contribution in [-0.2, 0) is 0 Å². The van der Waals surface area contributed by atoms with Gasteiger partial charge in [0.2, 0.25) is 0 Å². The van der Waals surface area contributed by atoms with Gasteiger partial charge in [0.25, 0.3) is 0 Å². The van der Waals surface area contributed by atoms with E-state index in [1.54, 1.807) is 0 Å². The second-order valence-corrected chi connectivity index (χ2v) is 4.23. The second kappa shape index (κ2) is 4.80. The van der Waals surface area contributed by atoms with Crippen molar-refractivity contribution in [1.82, 2.24) is 4.98 Å². The molecule has 5 heteroatoms. The van der Waals surface area contributed by atoms with E-state index in [1.165, 1.54) is 12.3 Å². The van der Waals surface area contributed by atoms with Crippen LogP contribution in [0.25, 0.3) is 0 Å². The lowest BCUT2D eigenvalue weighted by molar-refractivity contribution is 0.250. The van der Waals surface area contributed by atoms with E-state index in [0.29, 0.717) is 0 Å². The van der Waals surface area contributed by atoms with Crippen LogP contribution >= 0.6 is 11.6 Å². The second-order valence-electron chi connectivity index (χ2n) is 3.80. The Kier molecular flexibility index (Phi) is 3.41. The van der Waals surface area contributed by atoms with Gasteiger partial charge in [-0.25, -0.2) is 9.37 Å². The lowest BCUT2D eigenvalue weighted by atomic mass is 10.1. The number of aliphatic hydroxyl groups excluding tert-OH is 1. The van der Waals surface area contributed by atoms with Gasteiger partial charge in [-0.15, -0.1) is 0 Å². The summed E-state index contributed by atoms with van der Waals surface area (Å²) < 4.78 is 13.4. The molecule has 0 aliphatic heterocycles. The van der Waals surface area contributed by atoms with E-state index >= 15 is 0 Å². The number of nitrogens with zero attached hydrogens (tertiary/aromatic N) is 1. The average Bonchev–Trinajstić information content (AvgIpc) is 2.70. The molecule has 16 heavy (non-hydrogen) atoms. The minimum Gasteiger partial charge on any atom is -0.396 e. The first-order valence-electron chi connectivity index (χ1n) is 5.06. The summed E-state index contributed by atoms with van der Waals surface area (Å²) in [4.78, 5) is 3.88. The van der Waals surface area contributed by atoms with Gasteiger partial charge in [0.15, 0.2) is 11.6 Å². The van der Waals surface area contributed by atoms with Crippen molar-refractivity contribution in [2.75, 3.05) is 11.9 Å². The maximum atomic E-state index is 13.4. The number of nitrogens with one attached hydrogen (secondary N) is 1. The Balaban J connectivity index is 2.02. The molecule has 2 N–H and O–H groups in total. The summed E-state index contributed by atoms with van der Waals surface area (Å²) in [6.07, 6.45) is 5.98. The molecule has 0 aromatic carbocycles. The Morgan fingerprint density at radius 3 is 3.00 bits per heavy atom. The van der Waals surface area contributed by atoms with Crippen LogP contribution in [0.5, 0.6) is 0 Å².